The first-order chi connectivity index (χ1) is 6.59. The van der Waals surface area contributed by atoms with E-state index in [1.165, 1.54) is 29.8 Å². The summed E-state index contributed by atoms with van der Waals surface area (Å²) in [4.78, 5) is 2.37. The Balaban J connectivity index is 2.60. The smallest absolute Gasteiger partial charge is 0.0428 e. The quantitative estimate of drug-likeness (QED) is 0.604. The number of rotatable bonds is 0. The Morgan fingerprint density at radius 2 is 2.14 bits per heavy atom. The van der Waals surface area contributed by atoms with Crippen LogP contribution in [-0.2, 0) is 0 Å². The maximum absolute atomic E-state index is 4.03. The molecule has 1 aliphatic rings. The lowest BCUT2D eigenvalue weighted by atomic mass is 9.88. The van der Waals surface area contributed by atoms with Crippen LogP contribution in [0.3, 0.4) is 0 Å². The molecular formula is C13H18N. The number of anilines is 1. The molecule has 1 aromatic rings. The molecule has 1 aliphatic heterocycles. The summed E-state index contributed by atoms with van der Waals surface area (Å²) < 4.78 is 0. The zero-order chi connectivity index (χ0) is 10.3. The van der Waals surface area contributed by atoms with Gasteiger partial charge in [-0.2, -0.15) is 0 Å². The van der Waals surface area contributed by atoms with Crippen molar-refractivity contribution in [2.24, 2.45) is 0 Å². The third-order valence-corrected chi connectivity index (χ3v) is 3.20. The van der Waals surface area contributed by atoms with Crippen LogP contribution < -0.4 is 4.90 Å². The van der Waals surface area contributed by atoms with E-state index in [4.69, 9.17) is 0 Å². The maximum atomic E-state index is 4.03. The first-order valence-corrected chi connectivity index (χ1v) is 5.27. The molecule has 1 aromatic carbocycles. The molecule has 0 aromatic heterocycles. The molecule has 1 nitrogen and oxygen atoms in total. The normalized spacial score (nSPS) is 20.9. The molecule has 1 unspecified atom stereocenters. The van der Waals surface area contributed by atoms with Crippen molar-refractivity contribution in [3.63, 3.8) is 0 Å². The minimum absolute atomic E-state index is 0.682. The zero-order valence-electron chi connectivity index (χ0n) is 9.30. The van der Waals surface area contributed by atoms with Crippen molar-refractivity contribution >= 4 is 5.69 Å². The van der Waals surface area contributed by atoms with Crippen molar-refractivity contribution in [1.29, 1.82) is 0 Å². The summed E-state index contributed by atoms with van der Waals surface area (Å²) in [6.45, 7) is 9.70. The molecule has 14 heavy (non-hydrogen) atoms. The monoisotopic (exact) mass is 188 g/mol. The zero-order valence-corrected chi connectivity index (χ0v) is 9.30. The Hall–Kier alpha value is -0.980. The fourth-order valence-corrected chi connectivity index (χ4v) is 2.44. The van der Waals surface area contributed by atoms with Crippen molar-refractivity contribution in [2.45, 2.75) is 26.2 Å². The van der Waals surface area contributed by atoms with E-state index in [0.717, 1.165) is 5.56 Å². The maximum Gasteiger partial charge on any atom is 0.0428 e. The molecule has 0 N–H and O–H groups in total. The van der Waals surface area contributed by atoms with E-state index in [-0.39, 0.29) is 0 Å². The molecule has 75 valence electrons. The van der Waals surface area contributed by atoms with Gasteiger partial charge < -0.3 is 4.90 Å². The summed E-state index contributed by atoms with van der Waals surface area (Å²) >= 11 is 0. The minimum Gasteiger partial charge on any atom is -0.374 e. The fraction of sp³-hybridized carbons (Fsp3) is 0.462. The lowest BCUT2D eigenvalue weighted by molar-refractivity contribution is 0.635. The first kappa shape index (κ1) is 9.57. The molecule has 0 saturated heterocycles. The lowest BCUT2D eigenvalue weighted by Gasteiger charge is -2.33. The van der Waals surface area contributed by atoms with Gasteiger partial charge in [-0.3, -0.25) is 0 Å². The van der Waals surface area contributed by atoms with Crippen LogP contribution in [0.15, 0.2) is 12.1 Å². The van der Waals surface area contributed by atoms with E-state index in [2.05, 4.69) is 44.9 Å². The largest absolute Gasteiger partial charge is 0.374 e. The van der Waals surface area contributed by atoms with E-state index in [0.29, 0.717) is 5.92 Å². The van der Waals surface area contributed by atoms with Crippen LogP contribution in [0, 0.1) is 13.8 Å². The number of aryl methyl sites for hydroxylation is 1. The Bertz CT molecular complexity index is 354. The third-order valence-electron chi connectivity index (χ3n) is 3.20. The summed E-state index contributed by atoms with van der Waals surface area (Å²) in [5.41, 5.74) is 5.41. The van der Waals surface area contributed by atoms with Crippen LogP contribution in [0.2, 0.25) is 0 Å². The minimum atomic E-state index is 0.682. The van der Waals surface area contributed by atoms with Gasteiger partial charge in [0, 0.05) is 19.3 Å². The van der Waals surface area contributed by atoms with Gasteiger partial charge in [0.1, 0.15) is 0 Å². The molecule has 0 spiro atoms. The number of nitrogens with zero attached hydrogens (tertiary/aromatic N) is 1. The highest BCUT2D eigenvalue weighted by molar-refractivity contribution is 5.63. The molecule has 1 heterocycles. The van der Waals surface area contributed by atoms with Gasteiger partial charge in [0.2, 0.25) is 0 Å². The average Bonchev–Trinajstić information content (AvgIpc) is 2.10. The second kappa shape index (κ2) is 3.30. The topological polar surface area (TPSA) is 3.24 Å². The Labute approximate surface area is 86.7 Å². The fourth-order valence-electron chi connectivity index (χ4n) is 2.44. The molecular weight excluding hydrogens is 170 g/mol. The van der Waals surface area contributed by atoms with Crippen molar-refractivity contribution < 1.29 is 0 Å². The summed E-state index contributed by atoms with van der Waals surface area (Å²) in [7, 11) is 2.18. The van der Waals surface area contributed by atoms with E-state index in [1.807, 2.05) is 0 Å². The number of hydrogen-bond donors (Lipinski definition) is 0. The van der Waals surface area contributed by atoms with Gasteiger partial charge in [-0.15, -0.1) is 0 Å². The van der Waals surface area contributed by atoms with Crippen molar-refractivity contribution in [3.8, 4) is 0 Å². The van der Waals surface area contributed by atoms with E-state index in [1.54, 1.807) is 0 Å². The van der Waals surface area contributed by atoms with Crippen LogP contribution in [-0.4, -0.2) is 13.6 Å². The van der Waals surface area contributed by atoms with Crippen LogP contribution in [0.4, 0.5) is 5.69 Å². The van der Waals surface area contributed by atoms with Gasteiger partial charge in [-0.1, -0.05) is 19.1 Å². The van der Waals surface area contributed by atoms with Gasteiger partial charge in [0.25, 0.3) is 0 Å². The number of fused-ring (bicyclic) bond motifs is 1. The molecule has 0 saturated carbocycles. The van der Waals surface area contributed by atoms with Crippen molar-refractivity contribution in [3.05, 3.63) is 35.7 Å². The number of benzene rings is 1. The van der Waals surface area contributed by atoms with Crippen LogP contribution in [0.25, 0.3) is 0 Å². The van der Waals surface area contributed by atoms with E-state index >= 15 is 0 Å². The second-order valence-corrected chi connectivity index (χ2v) is 4.46. The van der Waals surface area contributed by atoms with Crippen molar-refractivity contribution in [1.82, 2.24) is 0 Å². The highest BCUT2D eigenvalue weighted by atomic mass is 15.1. The molecule has 2 rings (SSSR count). The highest BCUT2D eigenvalue weighted by Crippen LogP contribution is 2.37. The Morgan fingerprint density at radius 3 is 2.86 bits per heavy atom. The standard InChI is InChI=1S/C13H18N/c1-9-7-11(3)13-12(8-9)10(2)5-6-14(13)4/h7-8,10H,1,5-6H2,2-4H3. The molecule has 0 fully saturated rings. The van der Waals surface area contributed by atoms with Crippen LogP contribution in [0.5, 0.6) is 0 Å². The Morgan fingerprint density at radius 1 is 1.43 bits per heavy atom. The molecule has 1 heteroatoms. The van der Waals surface area contributed by atoms with Crippen LogP contribution >= 0.6 is 0 Å². The molecule has 0 bridgehead atoms. The summed E-state index contributed by atoms with van der Waals surface area (Å²) in [6.07, 6.45) is 1.26. The first-order valence-electron chi connectivity index (χ1n) is 5.27. The average molecular weight is 188 g/mol. The van der Waals surface area contributed by atoms with Gasteiger partial charge in [-0.05, 0) is 42.9 Å². The molecule has 1 radical (unpaired) electrons. The second-order valence-electron chi connectivity index (χ2n) is 4.46. The van der Waals surface area contributed by atoms with Crippen molar-refractivity contribution in [2.75, 3.05) is 18.5 Å². The van der Waals surface area contributed by atoms with Crippen LogP contribution in [0.1, 0.15) is 36.0 Å². The predicted molar refractivity (Wildman–Crippen MR) is 61.9 cm³/mol. The molecule has 0 amide bonds. The predicted octanol–water partition coefficient (Wildman–Crippen LogP) is 3.12. The van der Waals surface area contributed by atoms with E-state index < -0.39 is 0 Å². The lowest BCUT2D eigenvalue weighted by Crippen LogP contribution is -2.27. The van der Waals surface area contributed by atoms with E-state index in [9.17, 15) is 0 Å². The summed E-state index contributed by atoms with van der Waals surface area (Å²) in [5, 5.41) is 0. The Kier molecular flexibility index (Phi) is 2.26. The molecule has 1 atom stereocenters. The number of hydrogen-bond acceptors (Lipinski definition) is 1. The summed E-state index contributed by atoms with van der Waals surface area (Å²) in [6, 6.07) is 4.41. The third kappa shape index (κ3) is 1.41. The highest BCUT2D eigenvalue weighted by Gasteiger charge is 2.21. The summed E-state index contributed by atoms with van der Waals surface area (Å²) in [5.74, 6) is 0.682. The van der Waals surface area contributed by atoms with Gasteiger partial charge in [0.05, 0.1) is 0 Å². The van der Waals surface area contributed by atoms with Gasteiger partial charge in [-0.25, -0.2) is 0 Å². The SMILES string of the molecule is [CH2]c1cc(C)c2c(c1)C(C)CCN2C. The molecule has 0 aliphatic carbocycles. The van der Waals surface area contributed by atoms with Gasteiger partial charge >= 0.3 is 0 Å². The van der Waals surface area contributed by atoms with Gasteiger partial charge in [0.15, 0.2) is 0 Å².